The Morgan fingerprint density at radius 2 is 0.857 bits per heavy atom. The van der Waals surface area contributed by atoms with Gasteiger partial charge in [0.1, 0.15) is 0 Å². The van der Waals surface area contributed by atoms with Crippen LogP contribution in [0.2, 0.25) is 0 Å². The molecule has 86 valence electrons. The SMILES string of the molecule is CCC(CC)(CO)C(CC)(CC)CO. The summed E-state index contributed by atoms with van der Waals surface area (Å²) >= 11 is 0. The molecule has 14 heavy (non-hydrogen) atoms. The van der Waals surface area contributed by atoms with E-state index >= 15 is 0 Å². The summed E-state index contributed by atoms with van der Waals surface area (Å²) in [7, 11) is 0. The highest BCUT2D eigenvalue weighted by Crippen LogP contribution is 2.49. The first-order chi connectivity index (χ1) is 6.61. The molecule has 2 nitrogen and oxygen atoms in total. The lowest BCUT2D eigenvalue weighted by atomic mass is 9.58. The molecule has 0 aromatic carbocycles. The molecule has 0 aromatic heterocycles. The van der Waals surface area contributed by atoms with Crippen molar-refractivity contribution in [2.24, 2.45) is 10.8 Å². The second-order valence-electron chi connectivity index (χ2n) is 4.29. The van der Waals surface area contributed by atoms with Crippen molar-refractivity contribution < 1.29 is 10.2 Å². The molecule has 0 atom stereocenters. The highest BCUT2D eigenvalue weighted by atomic mass is 16.3. The van der Waals surface area contributed by atoms with Crippen molar-refractivity contribution in [1.82, 2.24) is 0 Å². The Kier molecular flexibility index (Phi) is 5.68. The highest BCUT2D eigenvalue weighted by Gasteiger charge is 2.45. The summed E-state index contributed by atoms with van der Waals surface area (Å²) in [5, 5.41) is 19.2. The smallest absolute Gasteiger partial charge is 0.0493 e. The van der Waals surface area contributed by atoms with Gasteiger partial charge >= 0.3 is 0 Å². The van der Waals surface area contributed by atoms with Gasteiger partial charge in [-0.2, -0.15) is 0 Å². The van der Waals surface area contributed by atoms with Crippen molar-refractivity contribution in [3.05, 3.63) is 0 Å². The second kappa shape index (κ2) is 5.72. The van der Waals surface area contributed by atoms with Gasteiger partial charge in [0.2, 0.25) is 0 Å². The van der Waals surface area contributed by atoms with Crippen molar-refractivity contribution >= 4 is 0 Å². The first kappa shape index (κ1) is 13.9. The second-order valence-corrected chi connectivity index (χ2v) is 4.29. The molecule has 0 heterocycles. The molecule has 0 fully saturated rings. The van der Waals surface area contributed by atoms with E-state index in [2.05, 4.69) is 27.7 Å². The van der Waals surface area contributed by atoms with E-state index in [-0.39, 0.29) is 24.0 Å². The number of aliphatic hydroxyl groups is 2. The standard InChI is InChI=1S/C12H26O2/c1-5-11(6-2,9-13)12(7-3,8-4)10-14/h13-14H,5-10H2,1-4H3. The zero-order chi connectivity index (χ0) is 11.2. The fourth-order valence-corrected chi connectivity index (χ4v) is 2.78. The van der Waals surface area contributed by atoms with Gasteiger partial charge < -0.3 is 10.2 Å². The van der Waals surface area contributed by atoms with Crippen molar-refractivity contribution in [3.63, 3.8) is 0 Å². The normalized spacial score (nSPS) is 13.3. The molecular weight excluding hydrogens is 176 g/mol. The number of hydrogen-bond acceptors (Lipinski definition) is 2. The van der Waals surface area contributed by atoms with E-state index in [0.717, 1.165) is 25.7 Å². The van der Waals surface area contributed by atoms with Crippen LogP contribution in [0.5, 0.6) is 0 Å². The molecule has 0 amide bonds. The topological polar surface area (TPSA) is 40.5 Å². The lowest BCUT2D eigenvalue weighted by Crippen LogP contribution is -2.46. The van der Waals surface area contributed by atoms with E-state index in [4.69, 9.17) is 0 Å². The van der Waals surface area contributed by atoms with Crippen molar-refractivity contribution in [2.75, 3.05) is 13.2 Å². The summed E-state index contributed by atoms with van der Waals surface area (Å²) in [5.74, 6) is 0. The quantitative estimate of drug-likeness (QED) is 0.666. The monoisotopic (exact) mass is 202 g/mol. The minimum absolute atomic E-state index is 0.106. The fraction of sp³-hybridized carbons (Fsp3) is 1.00. The van der Waals surface area contributed by atoms with Crippen LogP contribution in [0.4, 0.5) is 0 Å². The van der Waals surface area contributed by atoms with E-state index in [1.165, 1.54) is 0 Å². The zero-order valence-corrected chi connectivity index (χ0v) is 10.1. The molecule has 0 saturated carbocycles. The van der Waals surface area contributed by atoms with Gasteiger partial charge in [0.15, 0.2) is 0 Å². The van der Waals surface area contributed by atoms with E-state index in [0.29, 0.717) is 0 Å². The van der Waals surface area contributed by atoms with Gasteiger partial charge in [0.25, 0.3) is 0 Å². The molecule has 2 N–H and O–H groups in total. The average molecular weight is 202 g/mol. The van der Waals surface area contributed by atoms with Gasteiger partial charge in [-0.25, -0.2) is 0 Å². The third-order valence-electron chi connectivity index (χ3n) is 4.44. The van der Waals surface area contributed by atoms with Gasteiger partial charge in [-0.3, -0.25) is 0 Å². The minimum atomic E-state index is -0.106. The number of aliphatic hydroxyl groups excluding tert-OH is 2. The van der Waals surface area contributed by atoms with Crippen LogP contribution in [0.1, 0.15) is 53.4 Å². The fourth-order valence-electron chi connectivity index (χ4n) is 2.78. The Bertz CT molecular complexity index is 112. The van der Waals surface area contributed by atoms with Crippen LogP contribution in [0, 0.1) is 10.8 Å². The molecule has 2 heteroatoms. The van der Waals surface area contributed by atoms with Crippen LogP contribution in [0.3, 0.4) is 0 Å². The van der Waals surface area contributed by atoms with E-state index in [9.17, 15) is 10.2 Å². The van der Waals surface area contributed by atoms with E-state index in [1.54, 1.807) is 0 Å². The van der Waals surface area contributed by atoms with Crippen LogP contribution in [-0.4, -0.2) is 23.4 Å². The minimum Gasteiger partial charge on any atom is -0.396 e. The Morgan fingerprint density at radius 1 is 0.643 bits per heavy atom. The molecule has 0 bridgehead atoms. The van der Waals surface area contributed by atoms with Crippen LogP contribution in [0.15, 0.2) is 0 Å². The molecule has 0 saturated heterocycles. The van der Waals surface area contributed by atoms with Crippen LogP contribution >= 0.6 is 0 Å². The maximum absolute atomic E-state index is 9.59. The third kappa shape index (κ3) is 1.96. The van der Waals surface area contributed by atoms with Gasteiger partial charge in [-0.15, -0.1) is 0 Å². The molecule has 0 rings (SSSR count). The molecule has 0 aliphatic rings. The van der Waals surface area contributed by atoms with Gasteiger partial charge in [0, 0.05) is 24.0 Å². The Balaban J connectivity index is 5.08. The molecule has 0 aromatic rings. The summed E-state index contributed by atoms with van der Waals surface area (Å²) in [4.78, 5) is 0. The number of rotatable bonds is 7. The highest BCUT2D eigenvalue weighted by molar-refractivity contribution is 4.94. The Labute approximate surface area is 88.3 Å². The zero-order valence-electron chi connectivity index (χ0n) is 10.1. The average Bonchev–Trinajstić information content (AvgIpc) is 2.27. The third-order valence-corrected chi connectivity index (χ3v) is 4.44. The van der Waals surface area contributed by atoms with Crippen molar-refractivity contribution in [3.8, 4) is 0 Å². The lowest BCUT2D eigenvalue weighted by molar-refractivity contribution is -0.0685. The largest absolute Gasteiger partial charge is 0.396 e. The first-order valence-corrected chi connectivity index (χ1v) is 5.83. The molecular formula is C12H26O2. The van der Waals surface area contributed by atoms with Crippen LogP contribution < -0.4 is 0 Å². The Hall–Kier alpha value is -0.0800. The summed E-state index contributed by atoms with van der Waals surface area (Å²) < 4.78 is 0. The summed E-state index contributed by atoms with van der Waals surface area (Å²) in [6, 6.07) is 0. The van der Waals surface area contributed by atoms with Gasteiger partial charge in [-0.1, -0.05) is 27.7 Å². The van der Waals surface area contributed by atoms with Crippen molar-refractivity contribution in [1.29, 1.82) is 0 Å². The van der Waals surface area contributed by atoms with E-state index < -0.39 is 0 Å². The van der Waals surface area contributed by atoms with Gasteiger partial charge in [-0.05, 0) is 25.7 Å². The molecule has 0 unspecified atom stereocenters. The number of hydrogen-bond donors (Lipinski definition) is 2. The maximum atomic E-state index is 9.59. The molecule has 0 aliphatic carbocycles. The predicted molar refractivity (Wildman–Crippen MR) is 60.2 cm³/mol. The first-order valence-electron chi connectivity index (χ1n) is 5.83. The summed E-state index contributed by atoms with van der Waals surface area (Å²) in [6.45, 7) is 8.79. The molecule has 0 spiro atoms. The van der Waals surface area contributed by atoms with Crippen LogP contribution in [0.25, 0.3) is 0 Å². The predicted octanol–water partition coefficient (Wildman–Crippen LogP) is 2.58. The molecule has 0 radical (unpaired) electrons. The summed E-state index contributed by atoms with van der Waals surface area (Å²) in [5.41, 5.74) is -0.212. The Morgan fingerprint density at radius 3 is 0.929 bits per heavy atom. The van der Waals surface area contributed by atoms with Crippen LogP contribution in [-0.2, 0) is 0 Å². The summed E-state index contributed by atoms with van der Waals surface area (Å²) in [6.07, 6.45) is 3.73. The maximum Gasteiger partial charge on any atom is 0.0493 e. The van der Waals surface area contributed by atoms with Crippen molar-refractivity contribution in [2.45, 2.75) is 53.4 Å². The molecule has 0 aliphatic heterocycles. The lowest BCUT2D eigenvalue weighted by Gasteiger charge is -2.48. The van der Waals surface area contributed by atoms with E-state index in [1.807, 2.05) is 0 Å². The van der Waals surface area contributed by atoms with Gasteiger partial charge in [0.05, 0.1) is 0 Å².